The molecule has 0 bridgehead atoms. The van der Waals surface area contributed by atoms with Crippen molar-refractivity contribution in [2.24, 2.45) is 0 Å². The zero-order chi connectivity index (χ0) is 24.9. The molecule has 0 unspecified atom stereocenters. The van der Waals surface area contributed by atoms with Crippen molar-refractivity contribution in [1.29, 1.82) is 0 Å². The van der Waals surface area contributed by atoms with E-state index in [1.165, 1.54) is 10.7 Å². The number of hydrogen-bond acceptors (Lipinski definition) is 4. The SMILES string of the molecule is Cc1nn2c(C(C)C)c(C(=O)N[C@H]3CCOc4ccccc43)cnc2c1-c1ccc(F)c(F)c1F. The topological polar surface area (TPSA) is 68.5 Å². The first-order valence-electron chi connectivity index (χ1n) is 11.3. The fourth-order valence-corrected chi connectivity index (χ4v) is 4.60. The molecule has 4 aromatic rings. The molecule has 0 radical (unpaired) electrons. The zero-order valence-corrected chi connectivity index (χ0v) is 19.4. The lowest BCUT2D eigenvalue weighted by molar-refractivity contribution is 0.0922. The third-order valence-electron chi connectivity index (χ3n) is 6.22. The van der Waals surface area contributed by atoms with Gasteiger partial charge in [-0.3, -0.25) is 4.79 Å². The monoisotopic (exact) mass is 480 g/mol. The van der Waals surface area contributed by atoms with E-state index >= 15 is 0 Å². The van der Waals surface area contributed by atoms with E-state index in [1.54, 1.807) is 6.92 Å². The van der Waals surface area contributed by atoms with Crippen molar-refractivity contribution in [3.05, 3.63) is 82.6 Å². The van der Waals surface area contributed by atoms with E-state index in [0.29, 0.717) is 30.0 Å². The molecule has 180 valence electrons. The number of amides is 1. The number of benzene rings is 2. The van der Waals surface area contributed by atoms with Gasteiger partial charge in [0, 0.05) is 23.7 Å². The maximum absolute atomic E-state index is 14.6. The summed E-state index contributed by atoms with van der Waals surface area (Å²) in [7, 11) is 0. The Balaban J connectivity index is 1.59. The van der Waals surface area contributed by atoms with Crippen molar-refractivity contribution < 1.29 is 22.7 Å². The molecule has 2 aromatic carbocycles. The summed E-state index contributed by atoms with van der Waals surface area (Å²) in [4.78, 5) is 17.8. The summed E-state index contributed by atoms with van der Waals surface area (Å²) in [6, 6.07) is 9.37. The summed E-state index contributed by atoms with van der Waals surface area (Å²) in [5.41, 5.74) is 2.53. The smallest absolute Gasteiger partial charge is 0.255 e. The van der Waals surface area contributed by atoms with Crippen LogP contribution in [0.3, 0.4) is 0 Å². The number of halogens is 3. The Labute approximate surface area is 199 Å². The van der Waals surface area contributed by atoms with Gasteiger partial charge in [0.05, 0.1) is 35.2 Å². The zero-order valence-electron chi connectivity index (χ0n) is 19.4. The number of ether oxygens (including phenoxy) is 1. The van der Waals surface area contributed by atoms with E-state index in [2.05, 4.69) is 15.4 Å². The first-order chi connectivity index (χ1) is 16.8. The summed E-state index contributed by atoms with van der Waals surface area (Å²) in [6.07, 6.45) is 2.05. The van der Waals surface area contributed by atoms with Gasteiger partial charge < -0.3 is 10.1 Å². The van der Waals surface area contributed by atoms with Gasteiger partial charge in [0.25, 0.3) is 5.91 Å². The van der Waals surface area contributed by atoms with Gasteiger partial charge in [-0.25, -0.2) is 22.7 Å². The quantitative estimate of drug-likeness (QED) is 0.392. The molecule has 1 aliphatic heterocycles. The van der Waals surface area contributed by atoms with Gasteiger partial charge in [-0.15, -0.1) is 0 Å². The molecule has 5 rings (SSSR count). The number of hydrogen-bond donors (Lipinski definition) is 1. The van der Waals surface area contributed by atoms with Crippen LogP contribution in [0.5, 0.6) is 5.75 Å². The molecular weight excluding hydrogens is 457 g/mol. The van der Waals surface area contributed by atoms with E-state index in [9.17, 15) is 18.0 Å². The number of aromatic nitrogens is 3. The van der Waals surface area contributed by atoms with Crippen LogP contribution in [0, 0.1) is 24.4 Å². The Morgan fingerprint density at radius 2 is 1.91 bits per heavy atom. The average Bonchev–Trinajstić information content (AvgIpc) is 3.17. The second kappa shape index (κ2) is 8.72. The molecule has 9 heteroatoms. The van der Waals surface area contributed by atoms with Crippen LogP contribution in [-0.4, -0.2) is 27.1 Å². The first-order valence-corrected chi connectivity index (χ1v) is 11.3. The number of nitrogens with one attached hydrogen (secondary N) is 1. The second-order valence-corrected chi connectivity index (χ2v) is 8.83. The Kier molecular flexibility index (Phi) is 5.70. The van der Waals surface area contributed by atoms with Crippen LogP contribution in [0.25, 0.3) is 16.8 Å². The highest BCUT2D eigenvalue weighted by Gasteiger charge is 2.28. The highest BCUT2D eigenvalue weighted by Crippen LogP contribution is 2.35. The van der Waals surface area contributed by atoms with Crippen LogP contribution >= 0.6 is 0 Å². The number of carbonyl (C=O) groups is 1. The molecule has 2 aromatic heterocycles. The van der Waals surface area contributed by atoms with Crippen LogP contribution in [0.2, 0.25) is 0 Å². The molecule has 3 heterocycles. The van der Waals surface area contributed by atoms with E-state index in [4.69, 9.17) is 4.74 Å². The molecule has 35 heavy (non-hydrogen) atoms. The molecule has 0 saturated carbocycles. The van der Waals surface area contributed by atoms with Crippen molar-refractivity contribution in [1.82, 2.24) is 19.9 Å². The number of fused-ring (bicyclic) bond motifs is 2. The number of rotatable bonds is 4. The molecule has 1 atom stereocenters. The molecule has 0 aliphatic carbocycles. The molecule has 0 saturated heterocycles. The Bertz CT molecular complexity index is 1470. The van der Waals surface area contributed by atoms with Gasteiger partial charge in [-0.1, -0.05) is 32.0 Å². The van der Waals surface area contributed by atoms with E-state index in [-0.39, 0.29) is 34.6 Å². The number of aryl methyl sites for hydroxylation is 1. The molecule has 1 aliphatic rings. The number of carbonyl (C=O) groups excluding carboxylic acids is 1. The van der Waals surface area contributed by atoms with Crippen molar-refractivity contribution in [3.63, 3.8) is 0 Å². The van der Waals surface area contributed by atoms with E-state index in [0.717, 1.165) is 23.4 Å². The minimum atomic E-state index is -1.56. The van der Waals surface area contributed by atoms with Gasteiger partial charge >= 0.3 is 0 Å². The van der Waals surface area contributed by atoms with Gasteiger partial charge in [0.1, 0.15) is 5.75 Å². The van der Waals surface area contributed by atoms with Crippen LogP contribution in [0.1, 0.15) is 59.5 Å². The lowest BCUT2D eigenvalue weighted by Gasteiger charge is -2.27. The van der Waals surface area contributed by atoms with Crippen LogP contribution in [0.4, 0.5) is 13.2 Å². The molecule has 1 N–H and O–H groups in total. The summed E-state index contributed by atoms with van der Waals surface area (Å²) >= 11 is 0. The van der Waals surface area contributed by atoms with Crippen molar-refractivity contribution in [3.8, 4) is 16.9 Å². The van der Waals surface area contributed by atoms with Gasteiger partial charge in [0.2, 0.25) is 0 Å². The molecule has 0 spiro atoms. The lowest BCUT2D eigenvalue weighted by Crippen LogP contribution is -2.33. The minimum absolute atomic E-state index is 0.144. The fourth-order valence-electron chi connectivity index (χ4n) is 4.60. The number of nitrogens with zero attached hydrogens (tertiary/aromatic N) is 3. The van der Waals surface area contributed by atoms with Crippen LogP contribution in [0.15, 0.2) is 42.6 Å². The maximum atomic E-state index is 14.6. The first kappa shape index (κ1) is 22.9. The average molecular weight is 480 g/mol. The Morgan fingerprint density at radius 3 is 2.69 bits per heavy atom. The number of para-hydroxylation sites is 1. The summed E-state index contributed by atoms with van der Waals surface area (Å²) < 4.78 is 49.3. The normalized spacial score (nSPS) is 15.2. The largest absolute Gasteiger partial charge is 0.493 e. The fraction of sp³-hybridized carbons (Fsp3) is 0.269. The van der Waals surface area contributed by atoms with Crippen molar-refractivity contribution in [2.45, 2.75) is 39.2 Å². The third kappa shape index (κ3) is 3.80. The summed E-state index contributed by atoms with van der Waals surface area (Å²) in [5, 5.41) is 7.58. The Hall–Kier alpha value is -3.88. The molecular formula is C26H23F3N4O2. The third-order valence-corrected chi connectivity index (χ3v) is 6.22. The van der Waals surface area contributed by atoms with Crippen molar-refractivity contribution >= 4 is 11.6 Å². The second-order valence-electron chi connectivity index (χ2n) is 8.83. The van der Waals surface area contributed by atoms with Crippen LogP contribution in [-0.2, 0) is 0 Å². The maximum Gasteiger partial charge on any atom is 0.255 e. The highest BCUT2D eigenvalue weighted by atomic mass is 19.2. The van der Waals surface area contributed by atoms with Gasteiger partial charge in [-0.2, -0.15) is 5.10 Å². The Morgan fingerprint density at radius 1 is 1.14 bits per heavy atom. The molecule has 0 fully saturated rings. The van der Waals surface area contributed by atoms with Crippen molar-refractivity contribution in [2.75, 3.05) is 6.61 Å². The highest BCUT2D eigenvalue weighted by molar-refractivity contribution is 5.96. The minimum Gasteiger partial charge on any atom is -0.493 e. The molecule has 1 amide bonds. The van der Waals surface area contributed by atoms with Crippen LogP contribution < -0.4 is 10.1 Å². The summed E-state index contributed by atoms with van der Waals surface area (Å²) in [5.74, 6) is -3.87. The van der Waals surface area contributed by atoms with E-state index < -0.39 is 17.5 Å². The van der Waals surface area contributed by atoms with Gasteiger partial charge in [0.15, 0.2) is 23.1 Å². The molecule has 6 nitrogen and oxygen atoms in total. The summed E-state index contributed by atoms with van der Waals surface area (Å²) in [6.45, 7) is 5.93. The predicted octanol–water partition coefficient (Wildman–Crippen LogP) is 5.50. The lowest BCUT2D eigenvalue weighted by atomic mass is 9.99. The van der Waals surface area contributed by atoms with Gasteiger partial charge in [-0.05, 0) is 31.0 Å². The standard InChI is InChI=1S/C26H23F3N4O2/c1-13(2)24-17(26(34)31-19-10-11-35-20-7-5-4-6-15(19)20)12-30-25-21(14(3)32-33(24)25)16-8-9-18(27)23(29)22(16)28/h4-9,12-13,19H,10-11H2,1-3H3,(H,31,34)/t19-/m0/s1. The van der Waals surface area contributed by atoms with E-state index in [1.807, 2.05) is 38.1 Å². The predicted molar refractivity (Wildman–Crippen MR) is 124 cm³/mol.